The van der Waals surface area contributed by atoms with Crippen molar-refractivity contribution in [2.75, 3.05) is 51.0 Å². The first-order valence-corrected chi connectivity index (χ1v) is 14.8. The Bertz CT molecular complexity index is 1200. The summed E-state index contributed by atoms with van der Waals surface area (Å²) in [7, 11) is 0. The third-order valence-corrected chi connectivity index (χ3v) is 8.41. The fourth-order valence-corrected chi connectivity index (χ4v) is 6.52. The lowest BCUT2D eigenvalue weighted by Gasteiger charge is -2.33. The minimum absolute atomic E-state index is 0.194. The second-order valence-corrected chi connectivity index (χ2v) is 12.4. The number of nitrogens with one attached hydrogen (secondary N) is 1. The van der Waals surface area contributed by atoms with E-state index in [1.165, 1.54) is 22.2 Å². The molecule has 0 spiro atoms. The zero-order valence-electron chi connectivity index (χ0n) is 21.6. The van der Waals surface area contributed by atoms with Crippen molar-refractivity contribution in [2.45, 2.75) is 64.3 Å². The summed E-state index contributed by atoms with van der Waals surface area (Å²) < 4.78 is 12.8. The molecular weight excluding hydrogens is 478 g/mol. The minimum atomic E-state index is -0.194. The molecule has 1 fully saturated rings. The highest BCUT2D eigenvalue weighted by molar-refractivity contribution is 7.98. The number of fused-ring (bicyclic) bond motifs is 5. The maximum atomic E-state index is 6.24. The lowest BCUT2D eigenvalue weighted by atomic mass is 9.88. The Morgan fingerprint density at radius 2 is 1.94 bits per heavy atom. The molecule has 0 aromatic carbocycles. The van der Waals surface area contributed by atoms with Gasteiger partial charge >= 0.3 is 0 Å². The number of rotatable bonds is 8. The predicted octanol–water partition coefficient (Wildman–Crippen LogP) is 5.15. The van der Waals surface area contributed by atoms with Crippen LogP contribution in [-0.4, -0.2) is 71.1 Å². The van der Waals surface area contributed by atoms with Crippen molar-refractivity contribution < 1.29 is 9.47 Å². The van der Waals surface area contributed by atoms with Crippen molar-refractivity contribution in [3.63, 3.8) is 0 Å². The summed E-state index contributed by atoms with van der Waals surface area (Å²) in [6.45, 7) is 15.2. The van der Waals surface area contributed by atoms with E-state index in [4.69, 9.17) is 24.4 Å². The molecule has 1 N–H and O–H groups in total. The predicted molar refractivity (Wildman–Crippen MR) is 146 cm³/mol. The summed E-state index contributed by atoms with van der Waals surface area (Å²) >= 11 is 3.33. The molecule has 7 nitrogen and oxygen atoms in total. The second-order valence-electron chi connectivity index (χ2n) is 10.6. The maximum Gasteiger partial charge on any atom is 0.189 e. The summed E-state index contributed by atoms with van der Waals surface area (Å²) in [5.41, 5.74) is 4.67. The van der Waals surface area contributed by atoms with Crippen LogP contribution in [0.25, 0.3) is 20.4 Å². The maximum absolute atomic E-state index is 6.24. The van der Waals surface area contributed by atoms with Crippen LogP contribution in [0.4, 0.5) is 5.82 Å². The molecule has 3 aromatic heterocycles. The van der Waals surface area contributed by atoms with Gasteiger partial charge in [-0.15, -0.1) is 11.3 Å². The third kappa shape index (κ3) is 5.44. The molecule has 1 saturated heterocycles. The van der Waals surface area contributed by atoms with Gasteiger partial charge in [0.05, 0.1) is 35.6 Å². The van der Waals surface area contributed by atoms with Crippen molar-refractivity contribution in [1.29, 1.82) is 0 Å². The van der Waals surface area contributed by atoms with Gasteiger partial charge < -0.3 is 14.8 Å². The molecule has 0 aliphatic carbocycles. The lowest BCUT2D eigenvalue weighted by molar-refractivity contribution is -0.0402. The Labute approximate surface area is 216 Å². The molecule has 190 valence electrons. The van der Waals surface area contributed by atoms with Crippen LogP contribution in [-0.2, 0) is 28.9 Å². The molecule has 0 saturated carbocycles. The number of thioether (sulfide) groups is 1. The molecule has 35 heavy (non-hydrogen) atoms. The first kappa shape index (κ1) is 25.1. The normalized spacial score (nSPS) is 18.5. The Kier molecular flexibility index (Phi) is 7.51. The summed E-state index contributed by atoms with van der Waals surface area (Å²) in [6, 6.07) is 0. The zero-order valence-corrected chi connectivity index (χ0v) is 23.2. The molecule has 0 bridgehead atoms. The molecule has 5 rings (SSSR count). The van der Waals surface area contributed by atoms with Crippen LogP contribution < -0.4 is 5.32 Å². The van der Waals surface area contributed by atoms with Crippen molar-refractivity contribution >= 4 is 49.3 Å². The molecule has 9 heteroatoms. The van der Waals surface area contributed by atoms with Crippen LogP contribution in [0.3, 0.4) is 0 Å². The molecule has 3 aromatic rings. The van der Waals surface area contributed by atoms with E-state index in [-0.39, 0.29) is 5.60 Å². The molecule has 2 aliphatic heterocycles. The number of aromatic nitrogens is 3. The van der Waals surface area contributed by atoms with Crippen LogP contribution in [0.5, 0.6) is 0 Å². The summed E-state index contributed by atoms with van der Waals surface area (Å²) in [4.78, 5) is 18.6. The number of anilines is 1. The van der Waals surface area contributed by atoms with Crippen LogP contribution in [0.1, 0.15) is 50.9 Å². The summed E-state index contributed by atoms with van der Waals surface area (Å²) in [5, 5.41) is 5.65. The average molecular weight is 516 g/mol. The van der Waals surface area contributed by atoms with Crippen molar-refractivity contribution in [1.82, 2.24) is 19.9 Å². The monoisotopic (exact) mass is 515 g/mol. The van der Waals surface area contributed by atoms with E-state index < -0.39 is 0 Å². The zero-order chi connectivity index (χ0) is 24.6. The molecule has 0 amide bonds. The number of ether oxygens (including phenoxy) is 2. The van der Waals surface area contributed by atoms with Gasteiger partial charge in [0.25, 0.3) is 0 Å². The number of nitrogens with zero attached hydrogens (tertiary/aromatic N) is 4. The van der Waals surface area contributed by atoms with E-state index in [0.29, 0.717) is 12.5 Å². The molecule has 0 unspecified atom stereocenters. The van der Waals surface area contributed by atoms with Gasteiger partial charge in [-0.3, -0.25) is 4.90 Å². The largest absolute Gasteiger partial charge is 0.379 e. The Balaban J connectivity index is 1.53. The van der Waals surface area contributed by atoms with Gasteiger partial charge in [-0.1, -0.05) is 25.6 Å². The highest BCUT2D eigenvalue weighted by Crippen LogP contribution is 2.43. The first-order valence-electron chi connectivity index (χ1n) is 12.7. The first-order chi connectivity index (χ1) is 16.8. The SMILES string of the molecule is CSc1nc(NCCCN2CCOCC2)c2sc3nc(CC(C)C)c4c(c3c2n1)CC(C)(C)OC4. The highest BCUT2D eigenvalue weighted by Gasteiger charge is 2.32. The minimum Gasteiger partial charge on any atom is -0.379 e. The van der Waals surface area contributed by atoms with Gasteiger partial charge in [-0.2, -0.15) is 0 Å². The van der Waals surface area contributed by atoms with E-state index >= 15 is 0 Å². The van der Waals surface area contributed by atoms with Gasteiger partial charge in [-0.25, -0.2) is 15.0 Å². The number of morpholine rings is 1. The topological polar surface area (TPSA) is 72.4 Å². The van der Waals surface area contributed by atoms with Crippen LogP contribution in [0.2, 0.25) is 0 Å². The Morgan fingerprint density at radius 3 is 2.69 bits per heavy atom. The molecular formula is C26H37N5O2S2. The van der Waals surface area contributed by atoms with Crippen LogP contribution in [0, 0.1) is 5.92 Å². The van der Waals surface area contributed by atoms with Crippen molar-refractivity contribution in [3.05, 3.63) is 16.8 Å². The summed E-state index contributed by atoms with van der Waals surface area (Å²) in [5.74, 6) is 1.48. The van der Waals surface area contributed by atoms with Gasteiger partial charge in [0.1, 0.15) is 10.6 Å². The Morgan fingerprint density at radius 1 is 1.14 bits per heavy atom. The van der Waals surface area contributed by atoms with E-state index in [1.807, 2.05) is 6.26 Å². The second kappa shape index (κ2) is 10.5. The Hall–Kier alpha value is -1.52. The van der Waals surface area contributed by atoms with E-state index in [9.17, 15) is 0 Å². The average Bonchev–Trinajstić information content (AvgIpc) is 3.20. The number of pyridine rings is 1. The number of hydrogen-bond donors (Lipinski definition) is 1. The van der Waals surface area contributed by atoms with Gasteiger partial charge in [0, 0.05) is 42.7 Å². The standard InChI is InChI=1S/C26H37N5O2S2/c1-16(2)13-19-18-15-33-26(3,4)14-17(18)20-21-22(35-24(20)28-19)23(30-25(29-21)34-5)27-7-6-8-31-9-11-32-12-10-31/h16H,6-15H2,1-5H3,(H,27,29,30). The fourth-order valence-electron chi connectivity index (χ4n) is 5.02. The smallest absolute Gasteiger partial charge is 0.189 e. The highest BCUT2D eigenvalue weighted by atomic mass is 32.2. The van der Waals surface area contributed by atoms with Crippen LogP contribution >= 0.6 is 23.1 Å². The van der Waals surface area contributed by atoms with Crippen molar-refractivity contribution in [2.24, 2.45) is 5.92 Å². The third-order valence-electron chi connectivity index (χ3n) is 6.79. The molecule has 5 heterocycles. The number of thiophene rings is 1. The van der Waals surface area contributed by atoms with Gasteiger partial charge in [0.2, 0.25) is 0 Å². The quantitative estimate of drug-likeness (QED) is 0.251. The molecule has 0 radical (unpaired) electrons. The molecule has 2 aliphatic rings. The lowest BCUT2D eigenvalue weighted by Crippen LogP contribution is -2.37. The van der Waals surface area contributed by atoms with Gasteiger partial charge in [-0.05, 0) is 51.0 Å². The fraction of sp³-hybridized carbons (Fsp3) is 0.654. The summed E-state index contributed by atoms with van der Waals surface area (Å²) in [6.07, 6.45) is 4.95. The van der Waals surface area contributed by atoms with E-state index in [1.54, 1.807) is 23.1 Å². The van der Waals surface area contributed by atoms with E-state index in [2.05, 4.69) is 37.9 Å². The van der Waals surface area contributed by atoms with Gasteiger partial charge in [0.15, 0.2) is 5.16 Å². The van der Waals surface area contributed by atoms with Crippen molar-refractivity contribution in [3.8, 4) is 0 Å². The molecule has 0 atom stereocenters. The van der Waals surface area contributed by atoms with Crippen LogP contribution in [0.15, 0.2) is 5.16 Å². The van der Waals surface area contributed by atoms with E-state index in [0.717, 1.165) is 84.7 Å². The number of hydrogen-bond acceptors (Lipinski definition) is 9.